The second-order valence-electron chi connectivity index (χ2n) is 38.1. The van der Waals surface area contributed by atoms with Crippen molar-refractivity contribution in [1.29, 1.82) is 0 Å². The molecule has 19 aliphatic rings. The number of rotatable bonds is 15. The lowest BCUT2D eigenvalue weighted by Gasteiger charge is -2.56. The first kappa shape index (κ1) is 67.9. The maximum atomic E-state index is 12.4. The highest BCUT2D eigenvalue weighted by molar-refractivity contribution is 5.77. The Kier molecular flexibility index (Phi) is 19.3. The Morgan fingerprint density at radius 1 is 0.348 bits per heavy atom. The molecule has 21 unspecified atom stereocenters. The second-order valence-corrected chi connectivity index (χ2v) is 38.1. The molecule has 0 aliphatic heterocycles. The van der Waals surface area contributed by atoms with Crippen LogP contribution in [0.4, 0.5) is 0 Å². The minimum atomic E-state index is -0.316. The van der Waals surface area contributed by atoms with Crippen molar-refractivity contribution in [2.45, 2.75) is 325 Å². The molecule has 0 aromatic rings. The van der Waals surface area contributed by atoms with E-state index in [0.717, 1.165) is 195 Å². The van der Waals surface area contributed by atoms with E-state index in [1.165, 1.54) is 128 Å². The van der Waals surface area contributed by atoms with Crippen LogP contribution in [-0.4, -0.2) is 59.4 Å². The van der Waals surface area contributed by atoms with E-state index in [9.17, 15) is 24.0 Å². The van der Waals surface area contributed by atoms with Gasteiger partial charge in [0.15, 0.2) is 0 Å². The Bertz CT molecular complexity index is 2600. The maximum Gasteiger partial charge on any atom is 0.312 e. The summed E-state index contributed by atoms with van der Waals surface area (Å²) in [7, 11) is 0. The van der Waals surface area contributed by atoms with E-state index in [1.807, 2.05) is 55.4 Å². The van der Waals surface area contributed by atoms with Crippen molar-refractivity contribution in [1.82, 2.24) is 0 Å². The zero-order valence-electron chi connectivity index (χ0n) is 60.3. The molecule has 0 aromatic heterocycles. The van der Waals surface area contributed by atoms with Crippen LogP contribution in [0.15, 0.2) is 0 Å². The Morgan fingerprint density at radius 2 is 0.696 bits per heavy atom. The smallest absolute Gasteiger partial charge is 0.312 e. The number of esters is 5. The predicted octanol–water partition coefficient (Wildman–Crippen LogP) is 19.0. The highest BCUT2D eigenvalue weighted by Crippen LogP contribution is 2.70. The first-order chi connectivity index (χ1) is 43.7. The summed E-state index contributed by atoms with van der Waals surface area (Å²) in [6.07, 6.45) is 41.1. The van der Waals surface area contributed by atoms with Gasteiger partial charge in [-0.1, -0.05) is 54.9 Å². The van der Waals surface area contributed by atoms with E-state index in [-0.39, 0.29) is 87.4 Å². The van der Waals surface area contributed by atoms with Crippen LogP contribution in [0.25, 0.3) is 0 Å². The lowest BCUT2D eigenvalue weighted by Crippen LogP contribution is -2.53. The fourth-order valence-electron chi connectivity index (χ4n) is 26.0. The number of carbonyl (C=O) groups is 5. The van der Waals surface area contributed by atoms with Gasteiger partial charge in [0.25, 0.3) is 0 Å². The van der Waals surface area contributed by atoms with Crippen LogP contribution in [-0.2, 0) is 47.7 Å². The third kappa shape index (κ3) is 12.9. The van der Waals surface area contributed by atoms with E-state index in [0.29, 0.717) is 11.8 Å². The van der Waals surface area contributed by atoms with Gasteiger partial charge >= 0.3 is 29.8 Å². The molecule has 0 heterocycles. The molecule has 0 N–H and O–H groups in total. The monoisotopic (exact) mass is 1270 g/mol. The topological polar surface area (TPSA) is 132 Å². The Balaban J connectivity index is 0.000000105. The van der Waals surface area contributed by atoms with Gasteiger partial charge in [0.2, 0.25) is 0 Å². The van der Waals surface area contributed by atoms with Crippen LogP contribution < -0.4 is 0 Å². The third-order valence-electron chi connectivity index (χ3n) is 31.4. The number of hydrogen-bond acceptors (Lipinski definition) is 10. The average molecular weight is 1280 g/mol. The van der Waals surface area contributed by atoms with Gasteiger partial charge in [-0.05, 0) is 371 Å². The Labute approximate surface area is 558 Å². The van der Waals surface area contributed by atoms with Crippen molar-refractivity contribution >= 4 is 29.8 Å². The maximum absolute atomic E-state index is 12.4. The van der Waals surface area contributed by atoms with Crippen LogP contribution in [0.2, 0.25) is 0 Å². The van der Waals surface area contributed by atoms with Crippen molar-refractivity contribution in [3.63, 3.8) is 0 Å². The van der Waals surface area contributed by atoms with Crippen molar-refractivity contribution in [2.24, 2.45) is 158 Å². The normalized spacial score (nSPS) is 45.9. The molecule has 10 nitrogen and oxygen atoms in total. The van der Waals surface area contributed by atoms with Crippen LogP contribution >= 0.6 is 0 Å². The van der Waals surface area contributed by atoms with E-state index in [2.05, 4.69) is 34.6 Å². The van der Waals surface area contributed by atoms with Gasteiger partial charge < -0.3 is 23.7 Å². The van der Waals surface area contributed by atoms with E-state index in [4.69, 9.17) is 23.7 Å². The van der Waals surface area contributed by atoms with Gasteiger partial charge in [0.1, 0.15) is 29.5 Å². The quantitative estimate of drug-likeness (QED) is 0.0887. The number of ether oxygens (including phenoxy) is 5. The lowest BCUT2D eigenvalue weighted by atomic mass is 9.54. The standard InChI is InChI=1S/C18H28O2.C17H26O2.2C16H26O2.C15H24O2/c1-4-18(2,3)17(19)20-14-9-12-8-13(14)16-11-6-5-10(7-11)15(12)16;1-3-9(2)17(18)19-14-8-12-7-13(14)16-11-5-4-10(6-11)15(12)16;1-4-15(2,3)14(17)18-16-8-11-5-12(9-16)7-13(6-11)10-16;1-4-16(2,3)15(17)18-14-9-10-8-13(14)12-7-5-6-11(10)12;1-3-10(2)14(16)17-15-7-11-4-12(8-15)6-13(5-11)9-15/h10-16H,4-9H2,1-3H3;9-16H,3-8H2,1-2H3;11-13H,4-10H2,1-3H3;10-14H,4-9H2,1-3H3;10-13H,3-9H2,1-2H3. The van der Waals surface area contributed by atoms with E-state index < -0.39 is 0 Å². The fourth-order valence-corrected chi connectivity index (χ4v) is 26.0. The molecule has 92 heavy (non-hydrogen) atoms. The summed E-state index contributed by atoms with van der Waals surface area (Å²) in [5.41, 5.74) is -1.05. The highest BCUT2D eigenvalue weighted by atomic mass is 16.6. The average Bonchev–Trinajstić information content (AvgIpc) is 1.50. The van der Waals surface area contributed by atoms with Gasteiger partial charge in [-0.15, -0.1) is 0 Å². The highest BCUT2D eigenvalue weighted by Gasteiger charge is 2.65. The summed E-state index contributed by atoms with van der Waals surface area (Å²) in [6.45, 7) is 26.4. The summed E-state index contributed by atoms with van der Waals surface area (Å²) >= 11 is 0. The first-order valence-corrected chi connectivity index (χ1v) is 39.8. The molecule has 0 saturated heterocycles. The molecule has 19 saturated carbocycles. The van der Waals surface area contributed by atoms with Crippen molar-refractivity contribution in [2.75, 3.05) is 0 Å². The molecule has 0 aromatic carbocycles. The molecule has 18 bridgehead atoms. The summed E-state index contributed by atoms with van der Waals surface area (Å²) < 4.78 is 29.8. The zero-order chi connectivity index (χ0) is 65.1. The number of fused-ring (bicyclic) bond motifs is 23. The molecule has 0 radical (unpaired) electrons. The molecule has 19 rings (SSSR count). The molecule has 0 spiro atoms. The predicted molar refractivity (Wildman–Crippen MR) is 360 cm³/mol. The minimum Gasteiger partial charge on any atom is -0.462 e. The molecule has 19 aliphatic carbocycles. The number of hydrogen-bond donors (Lipinski definition) is 0. The molecule has 518 valence electrons. The van der Waals surface area contributed by atoms with Crippen LogP contribution in [0, 0.1) is 158 Å². The van der Waals surface area contributed by atoms with Gasteiger partial charge in [0, 0.05) is 0 Å². The molecule has 10 heteroatoms. The van der Waals surface area contributed by atoms with Crippen molar-refractivity contribution in [3.8, 4) is 0 Å². The zero-order valence-corrected chi connectivity index (χ0v) is 60.3. The number of carbonyl (C=O) groups excluding carboxylic acids is 5. The van der Waals surface area contributed by atoms with Crippen molar-refractivity contribution < 1.29 is 47.7 Å². The van der Waals surface area contributed by atoms with Crippen molar-refractivity contribution in [3.05, 3.63) is 0 Å². The molecule has 19 fully saturated rings. The van der Waals surface area contributed by atoms with E-state index >= 15 is 0 Å². The van der Waals surface area contributed by atoms with Crippen LogP contribution in [0.1, 0.15) is 295 Å². The SMILES string of the molecule is CCC(C)(C)C(=O)OC12CC3CC(CC(C3)C1)C2.CCC(C)(C)C(=O)OC1CC2CC1C1C3CCC(C3)C21.CCC(C)(C)C(=O)OC1CC2CC1C1CCCC21.CCC(C)C(=O)OC12CC3CC(CC(C3)C1)C2.CCC(C)C(=O)OC1CC2CC1C1C3CCC(C3)C21. The first-order valence-electron chi connectivity index (χ1n) is 39.8. The summed E-state index contributed by atoms with van der Waals surface area (Å²) in [4.78, 5) is 61.0. The third-order valence-corrected chi connectivity index (χ3v) is 31.4. The van der Waals surface area contributed by atoms with Gasteiger partial charge in [-0.2, -0.15) is 0 Å². The molecule has 0 amide bonds. The largest absolute Gasteiger partial charge is 0.462 e. The van der Waals surface area contributed by atoms with E-state index in [1.54, 1.807) is 0 Å². The summed E-state index contributed by atoms with van der Waals surface area (Å²) in [5.74, 6) is 19.9. The molecular weight excluding hydrogens is 1140 g/mol. The van der Waals surface area contributed by atoms with Gasteiger partial charge in [-0.25, -0.2) is 0 Å². The van der Waals surface area contributed by atoms with Crippen LogP contribution in [0.5, 0.6) is 0 Å². The Morgan fingerprint density at radius 3 is 1.12 bits per heavy atom. The minimum absolute atomic E-state index is 0.0251. The second kappa shape index (κ2) is 26.2. The lowest BCUT2D eigenvalue weighted by molar-refractivity contribution is -0.196. The van der Waals surface area contributed by atoms with Crippen LogP contribution in [0.3, 0.4) is 0 Å². The summed E-state index contributed by atoms with van der Waals surface area (Å²) in [6, 6.07) is 0. The van der Waals surface area contributed by atoms with Gasteiger partial charge in [0.05, 0.1) is 28.1 Å². The Hall–Kier alpha value is -2.65. The summed E-state index contributed by atoms with van der Waals surface area (Å²) in [5, 5.41) is 0. The molecule has 21 atom stereocenters. The molecular formula is C82H130O10. The van der Waals surface area contributed by atoms with Gasteiger partial charge in [-0.3, -0.25) is 24.0 Å². The fraction of sp³-hybridized carbons (Fsp3) is 0.939.